The summed E-state index contributed by atoms with van der Waals surface area (Å²) in [5, 5.41) is 0. The van der Waals surface area contributed by atoms with Gasteiger partial charge >= 0.3 is 0 Å². The van der Waals surface area contributed by atoms with Crippen molar-refractivity contribution in [1.29, 1.82) is 0 Å². The average Bonchev–Trinajstić information content (AvgIpc) is 2.51. The summed E-state index contributed by atoms with van der Waals surface area (Å²) < 4.78 is 5.57. The maximum atomic E-state index is 5.96. The highest BCUT2D eigenvalue weighted by Crippen LogP contribution is 2.22. The van der Waals surface area contributed by atoms with E-state index < -0.39 is 0 Å². The second-order valence-electron chi connectivity index (χ2n) is 4.33. The summed E-state index contributed by atoms with van der Waals surface area (Å²) in [4.78, 5) is 2.52. The van der Waals surface area contributed by atoms with Crippen LogP contribution in [-0.4, -0.2) is 42.8 Å². The second kappa shape index (κ2) is 3.95. The molecule has 0 aromatic carbocycles. The number of rotatable bonds is 1. The Morgan fingerprint density at radius 1 is 1.38 bits per heavy atom. The Morgan fingerprint density at radius 2 is 2.23 bits per heavy atom. The zero-order chi connectivity index (χ0) is 9.26. The molecule has 0 aliphatic carbocycles. The molecule has 2 rings (SSSR count). The van der Waals surface area contributed by atoms with Gasteiger partial charge in [-0.3, -0.25) is 4.90 Å². The van der Waals surface area contributed by atoms with E-state index in [2.05, 4.69) is 11.8 Å². The van der Waals surface area contributed by atoms with Gasteiger partial charge in [-0.25, -0.2) is 0 Å². The number of hydrogen-bond acceptors (Lipinski definition) is 3. The predicted molar refractivity (Wildman–Crippen MR) is 52.6 cm³/mol. The predicted octanol–water partition coefficient (Wildman–Crippen LogP) is 0.587. The summed E-state index contributed by atoms with van der Waals surface area (Å²) in [6.07, 6.45) is 4.04. The minimum atomic E-state index is 0.390. The van der Waals surface area contributed by atoms with Gasteiger partial charge in [0.25, 0.3) is 0 Å². The molecular formula is C10H20N2O. The standard InChI is InChI=1S/C10H20N2O/c1-8-10(4-6-13-8)12-5-2-3-9(11)7-12/h8-10H,2-7,11H2,1H3. The Labute approximate surface area is 80.2 Å². The molecule has 2 heterocycles. The number of hydrogen-bond donors (Lipinski definition) is 1. The maximum absolute atomic E-state index is 5.96. The average molecular weight is 184 g/mol. The first kappa shape index (κ1) is 9.44. The largest absolute Gasteiger partial charge is 0.377 e. The van der Waals surface area contributed by atoms with E-state index in [0.717, 1.165) is 13.2 Å². The quantitative estimate of drug-likeness (QED) is 0.648. The third-order valence-electron chi connectivity index (χ3n) is 3.29. The monoisotopic (exact) mass is 184 g/mol. The van der Waals surface area contributed by atoms with Gasteiger partial charge in [0.1, 0.15) is 0 Å². The number of nitrogens with zero attached hydrogens (tertiary/aromatic N) is 1. The van der Waals surface area contributed by atoms with E-state index in [1.165, 1.54) is 25.8 Å². The van der Waals surface area contributed by atoms with Crippen LogP contribution in [0, 0.1) is 0 Å². The molecule has 3 nitrogen and oxygen atoms in total. The molecule has 2 aliphatic rings. The summed E-state index contributed by atoms with van der Waals surface area (Å²) in [6.45, 7) is 5.39. The molecule has 0 bridgehead atoms. The van der Waals surface area contributed by atoms with Crippen LogP contribution >= 0.6 is 0 Å². The molecule has 76 valence electrons. The smallest absolute Gasteiger partial charge is 0.0703 e. The third-order valence-corrected chi connectivity index (χ3v) is 3.29. The second-order valence-corrected chi connectivity index (χ2v) is 4.33. The molecule has 0 amide bonds. The molecular weight excluding hydrogens is 164 g/mol. The molecule has 2 aliphatic heterocycles. The van der Waals surface area contributed by atoms with Crippen molar-refractivity contribution >= 4 is 0 Å². The van der Waals surface area contributed by atoms with Crippen LogP contribution in [0.5, 0.6) is 0 Å². The first-order chi connectivity index (χ1) is 6.27. The SMILES string of the molecule is CC1OCCC1N1CCCC(N)C1. The molecule has 3 heteroatoms. The Bertz CT molecular complexity index is 174. The topological polar surface area (TPSA) is 38.5 Å². The first-order valence-corrected chi connectivity index (χ1v) is 5.38. The highest BCUT2D eigenvalue weighted by molar-refractivity contribution is 4.86. The van der Waals surface area contributed by atoms with E-state index in [1.807, 2.05) is 0 Å². The highest BCUT2D eigenvalue weighted by Gasteiger charge is 2.31. The Balaban J connectivity index is 1.91. The lowest BCUT2D eigenvalue weighted by atomic mass is 10.0. The molecule has 13 heavy (non-hydrogen) atoms. The van der Waals surface area contributed by atoms with Crippen molar-refractivity contribution in [3.05, 3.63) is 0 Å². The molecule has 0 aromatic rings. The van der Waals surface area contributed by atoms with Gasteiger partial charge in [0, 0.05) is 25.2 Å². The van der Waals surface area contributed by atoms with E-state index in [0.29, 0.717) is 18.2 Å². The summed E-state index contributed by atoms with van der Waals surface area (Å²) in [6, 6.07) is 1.02. The van der Waals surface area contributed by atoms with Crippen molar-refractivity contribution in [1.82, 2.24) is 4.90 Å². The van der Waals surface area contributed by atoms with Crippen molar-refractivity contribution in [2.75, 3.05) is 19.7 Å². The minimum absolute atomic E-state index is 0.390. The van der Waals surface area contributed by atoms with Crippen LogP contribution in [0.25, 0.3) is 0 Å². The van der Waals surface area contributed by atoms with Crippen LogP contribution in [-0.2, 0) is 4.74 Å². The van der Waals surface area contributed by atoms with Gasteiger partial charge in [0.05, 0.1) is 6.10 Å². The van der Waals surface area contributed by atoms with Crippen LogP contribution in [0.3, 0.4) is 0 Å². The molecule has 3 atom stereocenters. The van der Waals surface area contributed by atoms with Crippen LogP contribution in [0.1, 0.15) is 26.2 Å². The van der Waals surface area contributed by atoms with Gasteiger partial charge in [0.2, 0.25) is 0 Å². The van der Waals surface area contributed by atoms with Gasteiger partial charge in [-0.05, 0) is 32.7 Å². The summed E-state index contributed by atoms with van der Waals surface area (Å²) in [5.41, 5.74) is 5.96. The van der Waals surface area contributed by atoms with Crippen molar-refractivity contribution in [2.45, 2.75) is 44.4 Å². The van der Waals surface area contributed by atoms with Crippen LogP contribution in [0.15, 0.2) is 0 Å². The minimum Gasteiger partial charge on any atom is -0.377 e. The molecule has 3 unspecified atom stereocenters. The number of ether oxygens (including phenoxy) is 1. The van der Waals surface area contributed by atoms with Gasteiger partial charge in [0.15, 0.2) is 0 Å². The maximum Gasteiger partial charge on any atom is 0.0703 e. The van der Waals surface area contributed by atoms with E-state index in [9.17, 15) is 0 Å². The molecule has 0 spiro atoms. The lowest BCUT2D eigenvalue weighted by Crippen LogP contribution is -2.49. The first-order valence-electron chi connectivity index (χ1n) is 5.38. The van der Waals surface area contributed by atoms with Crippen LogP contribution in [0.4, 0.5) is 0 Å². The Kier molecular flexibility index (Phi) is 2.86. The zero-order valence-electron chi connectivity index (χ0n) is 8.41. The molecule has 0 radical (unpaired) electrons. The highest BCUT2D eigenvalue weighted by atomic mass is 16.5. The zero-order valence-corrected chi connectivity index (χ0v) is 8.41. The van der Waals surface area contributed by atoms with Crippen LogP contribution in [0.2, 0.25) is 0 Å². The molecule has 0 aromatic heterocycles. The van der Waals surface area contributed by atoms with Crippen molar-refractivity contribution in [3.63, 3.8) is 0 Å². The van der Waals surface area contributed by atoms with E-state index >= 15 is 0 Å². The van der Waals surface area contributed by atoms with E-state index in [4.69, 9.17) is 10.5 Å². The Morgan fingerprint density at radius 3 is 2.85 bits per heavy atom. The fourth-order valence-corrected chi connectivity index (χ4v) is 2.54. The molecule has 2 fully saturated rings. The number of nitrogens with two attached hydrogens (primary N) is 1. The molecule has 0 saturated carbocycles. The number of likely N-dealkylation sites (tertiary alicyclic amines) is 1. The lowest BCUT2D eigenvalue weighted by Gasteiger charge is -2.36. The van der Waals surface area contributed by atoms with Crippen molar-refractivity contribution < 1.29 is 4.74 Å². The number of piperidine rings is 1. The van der Waals surface area contributed by atoms with Crippen molar-refractivity contribution in [3.8, 4) is 0 Å². The van der Waals surface area contributed by atoms with Gasteiger partial charge in [-0.15, -0.1) is 0 Å². The van der Waals surface area contributed by atoms with Gasteiger partial charge in [-0.2, -0.15) is 0 Å². The summed E-state index contributed by atoms with van der Waals surface area (Å²) in [7, 11) is 0. The summed E-state index contributed by atoms with van der Waals surface area (Å²) >= 11 is 0. The molecule has 2 N–H and O–H groups in total. The Hall–Kier alpha value is -0.120. The fourth-order valence-electron chi connectivity index (χ4n) is 2.54. The third kappa shape index (κ3) is 2.03. The normalized spacial score (nSPS) is 42.5. The fraction of sp³-hybridized carbons (Fsp3) is 1.00. The van der Waals surface area contributed by atoms with Gasteiger partial charge in [-0.1, -0.05) is 0 Å². The van der Waals surface area contributed by atoms with Crippen molar-refractivity contribution in [2.24, 2.45) is 5.73 Å². The molecule has 2 saturated heterocycles. The van der Waals surface area contributed by atoms with Crippen LogP contribution < -0.4 is 5.73 Å². The van der Waals surface area contributed by atoms with E-state index in [-0.39, 0.29) is 0 Å². The van der Waals surface area contributed by atoms with E-state index in [1.54, 1.807) is 0 Å². The van der Waals surface area contributed by atoms with Gasteiger partial charge < -0.3 is 10.5 Å². The summed E-state index contributed by atoms with van der Waals surface area (Å²) in [5.74, 6) is 0. The lowest BCUT2D eigenvalue weighted by molar-refractivity contribution is 0.0619.